The first-order chi connectivity index (χ1) is 13.3. The van der Waals surface area contributed by atoms with Gasteiger partial charge in [0.15, 0.2) is 0 Å². The second kappa shape index (κ2) is 7.91. The van der Waals surface area contributed by atoms with Crippen molar-refractivity contribution in [2.75, 3.05) is 10.2 Å². The molecule has 1 heterocycles. The fraction of sp³-hybridized carbons (Fsp3) is 0.227. The summed E-state index contributed by atoms with van der Waals surface area (Å²) in [5.41, 5.74) is 4.35. The topological polar surface area (TPSA) is 73.2 Å². The molecule has 1 N–H and O–H groups in total. The van der Waals surface area contributed by atoms with Crippen LogP contribution in [0.15, 0.2) is 53.1 Å². The van der Waals surface area contributed by atoms with Gasteiger partial charge >= 0.3 is 0 Å². The Morgan fingerprint density at radius 2 is 1.89 bits per heavy atom. The number of anilines is 2. The van der Waals surface area contributed by atoms with Crippen molar-refractivity contribution in [3.63, 3.8) is 0 Å². The van der Waals surface area contributed by atoms with Gasteiger partial charge in [-0.15, -0.1) is 0 Å². The number of nitrogens with zero attached hydrogens (tertiary/aromatic N) is 2. The highest BCUT2D eigenvalue weighted by Gasteiger charge is 2.38. The number of nitriles is 1. The van der Waals surface area contributed by atoms with Crippen LogP contribution in [-0.2, 0) is 9.59 Å². The Hall–Kier alpha value is -3.04. The number of carbonyl (C=O) groups is 2. The number of aryl methyl sites for hydroxylation is 3. The lowest BCUT2D eigenvalue weighted by Gasteiger charge is -2.19. The molecular formula is C22H21N3O2S. The minimum atomic E-state index is -0.522. The number of carbonyl (C=O) groups excluding carboxylic acids is 2. The van der Waals surface area contributed by atoms with Gasteiger partial charge in [0.05, 0.1) is 5.25 Å². The highest BCUT2D eigenvalue weighted by atomic mass is 32.2. The first kappa shape index (κ1) is 19.7. The van der Waals surface area contributed by atoms with Crippen LogP contribution in [0.25, 0.3) is 0 Å². The van der Waals surface area contributed by atoms with Crippen molar-refractivity contribution >= 4 is 35.0 Å². The number of nitrogens with one attached hydrogen (secondary N) is 1. The van der Waals surface area contributed by atoms with Crippen LogP contribution in [0.1, 0.15) is 23.6 Å². The van der Waals surface area contributed by atoms with Crippen LogP contribution >= 0.6 is 11.8 Å². The number of hydrogen-bond acceptors (Lipinski definition) is 4. The van der Waals surface area contributed by atoms with E-state index < -0.39 is 5.91 Å². The van der Waals surface area contributed by atoms with E-state index in [1.54, 1.807) is 13.0 Å². The van der Waals surface area contributed by atoms with Gasteiger partial charge in [0.1, 0.15) is 16.7 Å². The van der Waals surface area contributed by atoms with Gasteiger partial charge in [0.25, 0.3) is 5.91 Å². The van der Waals surface area contributed by atoms with E-state index in [-0.39, 0.29) is 16.7 Å². The van der Waals surface area contributed by atoms with E-state index >= 15 is 0 Å². The van der Waals surface area contributed by atoms with E-state index in [1.165, 1.54) is 16.7 Å². The average Bonchev–Trinajstić information content (AvgIpc) is 2.93. The molecule has 5 nitrogen and oxygen atoms in total. The van der Waals surface area contributed by atoms with Crippen LogP contribution in [-0.4, -0.2) is 17.1 Å². The molecule has 2 aromatic rings. The van der Waals surface area contributed by atoms with E-state index in [9.17, 15) is 14.9 Å². The van der Waals surface area contributed by atoms with Crippen LogP contribution in [0.3, 0.4) is 0 Å². The summed E-state index contributed by atoms with van der Waals surface area (Å²) in [6, 6.07) is 15.0. The third kappa shape index (κ3) is 3.80. The molecule has 0 aromatic heterocycles. The number of rotatable bonds is 3. The van der Waals surface area contributed by atoms with Crippen molar-refractivity contribution in [2.24, 2.45) is 0 Å². The fourth-order valence-electron chi connectivity index (χ4n) is 2.94. The smallest absolute Gasteiger partial charge is 0.269 e. The van der Waals surface area contributed by atoms with Gasteiger partial charge in [-0.05, 0) is 68.7 Å². The quantitative estimate of drug-likeness (QED) is 0.619. The Balaban J connectivity index is 2.03. The third-order valence-corrected chi connectivity index (χ3v) is 5.80. The van der Waals surface area contributed by atoms with Gasteiger partial charge in [0.2, 0.25) is 5.91 Å². The van der Waals surface area contributed by atoms with Crippen LogP contribution in [0.2, 0.25) is 0 Å². The van der Waals surface area contributed by atoms with E-state index in [2.05, 4.69) is 5.32 Å². The van der Waals surface area contributed by atoms with Gasteiger partial charge in [-0.25, -0.2) is 0 Å². The lowest BCUT2D eigenvalue weighted by atomic mass is 10.1. The molecule has 6 heteroatoms. The van der Waals surface area contributed by atoms with Gasteiger partial charge < -0.3 is 5.32 Å². The van der Waals surface area contributed by atoms with Crippen molar-refractivity contribution < 1.29 is 9.59 Å². The molecule has 0 aliphatic carbocycles. The molecule has 2 aromatic carbocycles. The van der Waals surface area contributed by atoms with Gasteiger partial charge in [0, 0.05) is 11.4 Å². The Morgan fingerprint density at radius 1 is 1.14 bits per heavy atom. The maximum absolute atomic E-state index is 12.8. The summed E-state index contributed by atoms with van der Waals surface area (Å²) in [5, 5.41) is 12.5. The van der Waals surface area contributed by atoms with E-state index in [0.29, 0.717) is 16.4 Å². The van der Waals surface area contributed by atoms with E-state index in [0.717, 1.165) is 16.7 Å². The molecule has 1 aliphatic heterocycles. The Bertz CT molecular complexity index is 1040. The standard InChI is InChI=1S/C22H21N3O2S/c1-13-6-5-7-17(10-13)24-20(26)19(12-23)22-25(21(27)16(4)28-22)18-9-8-14(2)15(3)11-18/h5-11,16H,1-4H3,(H,24,26)/b22-19-. The fourth-order valence-corrected chi connectivity index (χ4v) is 4.04. The number of thioether (sulfide) groups is 1. The molecule has 2 amide bonds. The first-order valence-corrected chi connectivity index (χ1v) is 9.80. The molecule has 1 fully saturated rings. The van der Waals surface area contributed by atoms with Crippen molar-refractivity contribution in [1.29, 1.82) is 5.26 Å². The van der Waals surface area contributed by atoms with Gasteiger partial charge in [-0.2, -0.15) is 5.26 Å². The van der Waals surface area contributed by atoms with Crippen molar-refractivity contribution in [3.05, 3.63) is 69.8 Å². The zero-order chi connectivity index (χ0) is 20.4. The molecule has 1 aliphatic rings. The summed E-state index contributed by atoms with van der Waals surface area (Å²) in [5.74, 6) is -0.661. The zero-order valence-electron chi connectivity index (χ0n) is 16.2. The van der Waals surface area contributed by atoms with Crippen molar-refractivity contribution in [1.82, 2.24) is 0 Å². The summed E-state index contributed by atoms with van der Waals surface area (Å²) in [6.45, 7) is 7.67. The van der Waals surface area contributed by atoms with Crippen LogP contribution in [0.5, 0.6) is 0 Å². The predicted molar refractivity (Wildman–Crippen MR) is 113 cm³/mol. The average molecular weight is 391 g/mol. The molecule has 1 saturated heterocycles. The lowest BCUT2D eigenvalue weighted by Crippen LogP contribution is -2.29. The third-order valence-electron chi connectivity index (χ3n) is 4.64. The molecule has 0 spiro atoms. The Morgan fingerprint density at radius 3 is 2.54 bits per heavy atom. The maximum atomic E-state index is 12.8. The molecule has 1 atom stereocenters. The Kier molecular flexibility index (Phi) is 5.57. The van der Waals surface area contributed by atoms with Crippen molar-refractivity contribution in [3.8, 4) is 6.07 Å². The summed E-state index contributed by atoms with van der Waals surface area (Å²) >= 11 is 1.23. The molecule has 142 valence electrons. The number of amides is 2. The summed E-state index contributed by atoms with van der Waals surface area (Å²) in [6.07, 6.45) is 0. The molecule has 0 bridgehead atoms. The molecular weight excluding hydrogens is 370 g/mol. The maximum Gasteiger partial charge on any atom is 0.269 e. The second-order valence-corrected chi connectivity index (χ2v) is 8.15. The predicted octanol–water partition coefficient (Wildman–Crippen LogP) is 4.45. The number of hydrogen-bond donors (Lipinski definition) is 1. The molecule has 0 saturated carbocycles. The summed E-state index contributed by atoms with van der Waals surface area (Å²) in [4.78, 5) is 27.1. The van der Waals surface area contributed by atoms with Crippen LogP contribution < -0.4 is 10.2 Å². The first-order valence-electron chi connectivity index (χ1n) is 8.92. The molecule has 3 rings (SSSR count). The molecule has 28 heavy (non-hydrogen) atoms. The largest absolute Gasteiger partial charge is 0.321 e. The molecule has 1 unspecified atom stereocenters. The number of benzene rings is 2. The molecule has 0 radical (unpaired) electrons. The Labute approximate surface area is 169 Å². The minimum absolute atomic E-state index is 0.0672. The minimum Gasteiger partial charge on any atom is -0.321 e. The van der Waals surface area contributed by atoms with Gasteiger partial charge in [-0.3, -0.25) is 14.5 Å². The highest BCUT2D eigenvalue weighted by molar-refractivity contribution is 8.05. The monoisotopic (exact) mass is 391 g/mol. The van der Waals surface area contributed by atoms with E-state index in [4.69, 9.17) is 0 Å². The lowest BCUT2D eigenvalue weighted by molar-refractivity contribution is -0.116. The zero-order valence-corrected chi connectivity index (χ0v) is 17.1. The van der Waals surface area contributed by atoms with Crippen LogP contribution in [0.4, 0.5) is 11.4 Å². The van der Waals surface area contributed by atoms with E-state index in [1.807, 2.05) is 63.2 Å². The van der Waals surface area contributed by atoms with Gasteiger partial charge in [-0.1, -0.05) is 30.0 Å². The summed E-state index contributed by atoms with van der Waals surface area (Å²) < 4.78 is 0. The SMILES string of the molecule is Cc1cccc(NC(=O)/C(C#N)=C2\SC(C)C(=O)N2c2ccc(C)c(C)c2)c1. The highest BCUT2D eigenvalue weighted by Crippen LogP contribution is 2.41. The van der Waals surface area contributed by atoms with Crippen molar-refractivity contribution in [2.45, 2.75) is 32.9 Å². The second-order valence-electron chi connectivity index (χ2n) is 6.82. The summed E-state index contributed by atoms with van der Waals surface area (Å²) in [7, 11) is 0. The van der Waals surface area contributed by atoms with Crippen LogP contribution in [0, 0.1) is 32.1 Å². The normalized spacial score (nSPS) is 18.0.